The lowest BCUT2D eigenvalue weighted by atomic mass is 10.1. The Balaban J connectivity index is 2.77. The van der Waals surface area contributed by atoms with E-state index < -0.39 is 0 Å². The standard InChI is InChI=1S/C9H12N4/c1-5-3-9-7(4-8(5)11-10)6(2)12-13-9/h3-4,11H,10H2,1-2H3,(H,12,13). The van der Waals surface area contributed by atoms with Gasteiger partial charge in [-0.3, -0.25) is 10.9 Å². The van der Waals surface area contributed by atoms with Gasteiger partial charge in [-0.15, -0.1) is 0 Å². The number of H-pyrrole nitrogens is 1. The molecule has 68 valence electrons. The Hall–Kier alpha value is -1.55. The van der Waals surface area contributed by atoms with Gasteiger partial charge in [-0.25, -0.2) is 0 Å². The van der Waals surface area contributed by atoms with E-state index >= 15 is 0 Å². The van der Waals surface area contributed by atoms with Gasteiger partial charge in [-0.05, 0) is 31.5 Å². The summed E-state index contributed by atoms with van der Waals surface area (Å²) in [5.41, 5.74) is 6.75. The van der Waals surface area contributed by atoms with Gasteiger partial charge in [0.05, 0.1) is 11.2 Å². The third kappa shape index (κ3) is 1.15. The summed E-state index contributed by atoms with van der Waals surface area (Å²) >= 11 is 0. The molecule has 0 bridgehead atoms. The molecule has 1 aromatic heterocycles. The molecule has 4 nitrogen and oxygen atoms in total. The Kier molecular flexibility index (Phi) is 1.70. The molecule has 0 saturated carbocycles. The van der Waals surface area contributed by atoms with E-state index in [4.69, 9.17) is 5.84 Å². The highest BCUT2D eigenvalue weighted by molar-refractivity contribution is 5.86. The lowest BCUT2D eigenvalue weighted by Gasteiger charge is -2.03. The lowest BCUT2D eigenvalue weighted by Crippen LogP contribution is -2.07. The van der Waals surface area contributed by atoms with Crippen molar-refractivity contribution < 1.29 is 0 Å². The largest absolute Gasteiger partial charge is 0.324 e. The maximum absolute atomic E-state index is 5.38. The van der Waals surface area contributed by atoms with E-state index in [-0.39, 0.29) is 0 Å². The highest BCUT2D eigenvalue weighted by Crippen LogP contribution is 2.23. The zero-order valence-electron chi connectivity index (χ0n) is 7.68. The number of nitrogens with zero attached hydrogens (tertiary/aromatic N) is 1. The molecule has 4 N–H and O–H groups in total. The average molecular weight is 176 g/mol. The molecule has 4 heteroatoms. The van der Waals surface area contributed by atoms with E-state index in [1.165, 1.54) is 0 Å². The molecule has 0 radical (unpaired) electrons. The van der Waals surface area contributed by atoms with Crippen LogP contribution in [-0.4, -0.2) is 10.2 Å². The first-order valence-corrected chi connectivity index (χ1v) is 4.14. The fourth-order valence-corrected chi connectivity index (χ4v) is 1.45. The van der Waals surface area contributed by atoms with E-state index in [2.05, 4.69) is 15.6 Å². The van der Waals surface area contributed by atoms with E-state index in [1.54, 1.807) is 0 Å². The zero-order valence-corrected chi connectivity index (χ0v) is 7.68. The summed E-state index contributed by atoms with van der Waals surface area (Å²) in [6, 6.07) is 4.01. The van der Waals surface area contributed by atoms with Crippen LogP contribution in [0.5, 0.6) is 0 Å². The number of fused-ring (bicyclic) bond motifs is 1. The summed E-state index contributed by atoms with van der Waals surface area (Å²) in [6.07, 6.45) is 0. The molecule has 0 unspecified atom stereocenters. The highest BCUT2D eigenvalue weighted by atomic mass is 15.2. The molecule has 0 aliphatic heterocycles. The normalized spacial score (nSPS) is 10.7. The number of hydrogen-bond donors (Lipinski definition) is 3. The van der Waals surface area contributed by atoms with E-state index in [1.807, 2.05) is 26.0 Å². The molecule has 0 amide bonds. The highest BCUT2D eigenvalue weighted by Gasteiger charge is 2.04. The van der Waals surface area contributed by atoms with Crippen molar-refractivity contribution in [2.75, 3.05) is 5.43 Å². The fourth-order valence-electron chi connectivity index (χ4n) is 1.45. The Morgan fingerprint density at radius 3 is 2.85 bits per heavy atom. The molecule has 0 atom stereocenters. The first kappa shape index (κ1) is 8.07. The Bertz CT molecular complexity index is 444. The van der Waals surface area contributed by atoms with Gasteiger partial charge in [0.25, 0.3) is 0 Å². The summed E-state index contributed by atoms with van der Waals surface area (Å²) in [7, 11) is 0. The maximum atomic E-state index is 5.38. The van der Waals surface area contributed by atoms with E-state index in [0.717, 1.165) is 27.8 Å². The van der Waals surface area contributed by atoms with Crippen molar-refractivity contribution in [3.05, 3.63) is 23.4 Å². The van der Waals surface area contributed by atoms with Gasteiger partial charge >= 0.3 is 0 Å². The molecule has 0 spiro atoms. The average Bonchev–Trinajstić information content (AvgIpc) is 2.46. The summed E-state index contributed by atoms with van der Waals surface area (Å²) in [5.74, 6) is 5.38. The summed E-state index contributed by atoms with van der Waals surface area (Å²) in [4.78, 5) is 0. The van der Waals surface area contributed by atoms with Crippen LogP contribution in [0, 0.1) is 13.8 Å². The molecule has 1 heterocycles. The molecule has 2 aromatic rings. The molecule has 0 aliphatic rings. The third-order valence-electron chi connectivity index (χ3n) is 2.25. The van der Waals surface area contributed by atoms with Crippen LogP contribution >= 0.6 is 0 Å². The zero-order chi connectivity index (χ0) is 9.42. The van der Waals surface area contributed by atoms with Crippen molar-refractivity contribution in [2.24, 2.45) is 5.84 Å². The number of hydrogen-bond acceptors (Lipinski definition) is 3. The topological polar surface area (TPSA) is 66.7 Å². The number of aryl methyl sites for hydroxylation is 2. The molecular weight excluding hydrogens is 164 g/mol. The lowest BCUT2D eigenvalue weighted by molar-refractivity contribution is 1.07. The van der Waals surface area contributed by atoms with Crippen LogP contribution in [0.4, 0.5) is 5.69 Å². The van der Waals surface area contributed by atoms with Crippen molar-refractivity contribution in [1.82, 2.24) is 10.2 Å². The van der Waals surface area contributed by atoms with Crippen molar-refractivity contribution in [3.63, 3.8) is 0 Å². The van der Waals surface area contributed by atoms with Gasteiger partial charge < -0.3 is 5.43 Å². The maximum Gasteiger partial charge on any atom is 0.0927 e. The van der Waals surface area contributed by atoms with Crippen LogP contribution in [0.25, 0.3) is 10.9 Å². The summed E-state index contributed by atoms with van der Waals surface area (Å²) < 4.78 is 0. The first-order chi connectivity index (χ1) is 6.22. The summed E-state index contributed by atoms with van der Waals surface area (Å²) in [6.45, 7) is 3.99. The minimum Gasteiger partial charge on any atom is -0.324 e. The Morgan fingerprint density at radius 2 is 2.15 bits per heavy atom. The minimum absolute atomic E-state index is 0.942. The smallest absolute Gasteiger partial charge is 0.0927 e. The van der Waals surface area contributed by atoms with Gasteiger partial charge in [-0.1, -0.05) is 0 Å². The SMILES string of the molecule is Cc1cc2n[nH]c(C)c2cc1NN. The molecule has 13 heavy (non-hydrogen) atoms. The minimum atomic E-state index is 0.942. The number of hydrazine groups is 1. The number of aromatic nitrogens is 2. The predicted octanol–water partition coefficient (Wildman–Crippen LogP) is 1.47. The molecule has 1 aromatic carbocycles. The van der Waals surface area contributed by atoms with Crippen LogP contribution in [0.2, 0.25) is 0 Å². The van der Waals surface area contributed by atoms with Gasteiger partial charge in [-0.2, -0.15) is 5.10 Å². The second kappa shape index (κ2) is 2.74. The van der Waals surface area contributed by atoms with Crippen LogP contribution < -0.4 is 11.3 Å². The van der Waals surface area contributed by atoms with Gasteiger partial charge in [0.2, 0.25) is 0 Å². The fraction of sp³-hybridized carbons (Fsp3) is 0.222. The van der Waals surface area contributed by atoms with Crippen LogP contribution in [-0.2, 0) is 0 Å². The second-order valence-electron chi connectivity index (χ2n) is 3.18. The second-order valence-corrected chi connectivity index (χ2v) is 3.18. The predicted molar refractivity (Wildman–Crippen MR) is 53.4 cm³/mol. The molecule has 0 aliphatic carbocycles. The first-order valence-electron chi connectivity index (χ1n) is 4.14. The van der Waals surface area contributed by atoms with E-state index in [9.17, 15) is 0 Å². The quantitative estimate of drug-likeness (QED) is 0.455. The van der Waals surface area contributed by atoms with Gasteiger partial charge in [0, 0.05) is 11.1 Å². The monoisotopic (exact) mass is 176 g/mol. The van der Waals surface area contributed by atoms with E-state index in [0.29, 0.717) is 0 Å². The molecule has 2 rings (SSSR count). The van der Waals surface area contributed by atoms with Crippen molar-refractivity contribution >= 4 is 16.6 Å². The number of rotatable bonds is 1. The van der Waals surface area contributed by atoms with Crippen LogP contribution in [0.3, 0.4) is 0 Å². The van der Waals surface area contributed by atoms with Gasteiger partial charge in [0.1, 0.15) is 0 Å². The van der Waals surface area contributed by atoms with Crippen molar-refractivity contribution in [1.29, 1.82) is 0 Å². The molecule has 0 saturated heterocycles. The number of anilines is 1. The molecular formula is C9H12N4. The number of aromatic amines is 1. The van der Waals surface area contributed by atoms with Gasteiger partial charge in [0.15, 0.2) is 0 Å². The number of benzene rings is 1. The van der Waals surface area contributed by atoms with Crippen molar-refractivity contribution in [3.8, 4) is 0 Å². The Labute approximate surface area is 76.1 Å². The third-order valence-corrected chi connectivity index (χ3v) is 2.25. The number of nitrogen functional groups attached to an aromatic ring is 1. The number of nitrogens with one attached hydrogen (secondary N) is 2. The number of nitrogens with two attached hydrogens (primary N) is 1. The van der Waals surface area contributed by atoms with Crippen LogP contribution in [0.15, 0.2) is 12.1 Å². The van der Waals surface area contributed by atoms with Crippen LogP contribution in [0.1, 0.15) is 11.3 Å². The summed E-state index contributed by atoms with van der Waals surface area (Å²) in [5, 5.41) is 8.21. The van der Waals surface area contributed by atoms with Crippen molar-refractivity contribution in [2.45, 2.75) is 13.8 Å². The Morgan fingerprint density at radius 1 is 1.38 bits per heavy atom. The molecule has 0 fully saturated rings.